The fourth-order valence-electron chi connectivity index (χ4n) is 4.28. The highest BCUT2D eigenvalue weighted by Crippen LogP contribution is 2.42. The Kier molecular flexibility index (Phi) is 5.78. The first-order valence-electron chi connectivity index (χ1n) is 10.8. The highest BCUT2D eigenvalue weighted by molar-refractivity contribution is 7.90. The van der Waals surface area contributed by atoms with Crippen LogP contribution in [0.25, 0.3) is 22.0 Å². The van der Waals surface area contributed by atoms with Gasteiger partial charge in [-0.3, -0.25) is 0 Å². The third-order valence-electron chi connectivity index (χ3n) is 5.92. The van der Waals surface area contributed by atoms with Crippen molar-refractivity contribution in [3.8, 4) is 11.1 Å². The summed E-state index contributed by atoms with van der Waals surface area (Å²) in [6, 6.07) is 30.3. The van der Waals surface area contributed by atoms with Crippen LogP contribution in [0.15, 0.2) is 108 Å². The fraction of sp³-hybridized carbons (Fsp3) is 0.0714. The Morgan fingerprint density at radius 3 is 2.09 bits per heavy atom. The van der Waals surface area contributed by atoms with E-state index in [4.69, 9.17) is 11.6 Å². The van der Waals surface area contributed by atoms with E-state index in [1.165, 1.54) is 3.97 Å². The molecule has 0 fully saturated rings. The van der Waals surface area contributed by atoms with Crippen molar-refractivity contribution in [2.45, 2.75) is 17.9 Å². The Hall–Kier alpha value is -3.38. The molecule has 1 heterocycles. The Morgan fingerprint density at radius 2 is 1.44 bits per heavy atom. The van der Waals surface area contributed by atoms with Gasteiger partial charge in [-0.25, -0.2) is 12.4 Å². The van der Waals surface area contributed by atoms with E-state index in [-0.39, 0.29) is 10.6 Å². The number of aromatic nitrogens is 1. The quantitative estimate of drug-likeness (QED) is 0.304. The van der Waals surface area contributed by atoms with Crippen molar-refractivity contribution in [2.24, 2.45) is 0 Å². The van der Waals surface area contributed by atoms with E-state index in [1.54, 1.807) is 54.6 Å². The third kappa shape index (κ3) is 3.82. The van der Waals surface area contributed by atoms with Gasteiger partial charge in [0.1, 0.15) is 6.10 Å². The van der Waals surface area contributed by atoms with E-state index in [1.807, 2.05) is 55.5 Å². The first-order valence-corrected chi connectivity index (χ1v) is 12.6. The molecule has 1 N–H and O–H groups in total. The Balaban J connectivity index is 1.93. The summed E-state index contributed by atoms with van der Waals surface area (Å²) >= 11 is 6.36. The summed E-state index contributed by atoms with van der Waals surface area (Å²) in [6.07, 6.45) is -1.19. The maximum absolute atomic E-state index is 14.1. The molecule has 0 radical (unpaired) electrons. The molecular weight excluding hydrogens is 466 g/mol. The van der Waals surface area contributed by atoms with Gasteiger partial charge in [0.25, 0.3) is 10.0 Å². The van der Waals surface area contributed by atoms with Crippen LogP contribution in [0.5, 0.6) is 0 Å². The molecule has 4 nitrogen and oxygen atoms in total. The zero-order valence-corrected chi connectivity index (χ0v) is 20.0. The summed E-state index contributed by atoms with van der Waals surface area (Å²) in [5.41, 5.74) is 3.69. The van der Waals surface area contributed by atoms with Gasteiger partial charge in [0.05, 0.1) is 16.1 Å². The lowest BCUT2D eigenvalue weighted by molar-refractivity contribution is 0.215. The number of halogens is 1. The van der Waals surface area contributed by atoms with Crippen molar-refractivity contribution in [1.29, 1.82) is 0 Å². The predicted octanol–water partition coefficient (Wildman–Crippen LogP) is 6.59. The normalized spacial score (nSPS) is 12.7. The highest BCUT2D eigenvalue weighted by atomic mass is 35.5. The van der Waals surface area contributed by atoms with Crippen LogP contribution in [0.1, 0.15) is 22.9 Å². The van der Waals surface area contributed by atoms with E-state index in [2.05, 4.69) is 0 Å². The topological polar surface area (TPSA) is 59.3 Å². The second kappa shape index (κ2) is 8.76. The third-order valence-corrected chi connectivity index (χ3v) is 7.89. The molecule has 0 amide bonds. The van der Waals surface area contributed by atoms with Gasteiger partial charge in [0.15, 0.2) is 0 Å². The number of aliphatic hydroxyl groups is 1. The molecule has 0 aliphatic carbocycles. The molecule has 0 aliphatic rings. The summed E-state index contributed by atoms with van der Waals surface area (Å²) in [5, 5.41) is 12.8. The molecule has 1 unspecified atom stereocenters. The van der Waals surface area contributed by atoms with E-state index >= 15 is 0 Å². The van der Waals surface area contributed by atoms with Crippen LogP contribution in [0.4, 0.5) is 0 Å². The van der Waals surface area contributed by atoms with Gasteiger partial charge in [0, 0.05) is 16.0 Å². The maximum Gasteiger partial charge on any atom is 0.268 e. The lowest BCUT2D eigenvalue weighted by Gasteiger charge is -2.18. The summed E-state index contributed by atoms with van der Waals surface area (Å²) in [6.45, 7) is 1.90. The van der Waals surface area contributed by atoms with Crippen LogP contribution < -0.4 is 0 Å². The van der Waals surface area contributed by atoms with Crippen LogP contribution in [-0.2, 0) is 10.0 Å². The molecule has 0 spiro atoms. The molecular formula is C28H22ClNO3S. The minimum Gasteiger partial charge on any atom is -0.382 e. The molecule has 34 heavy (non-hydrogen) atoms. The van der Waals surface area contributed by atoms with Crippen LogP contribution in [0, 0.1) is 6.92 Å². The predicted molar refractivity (Wildman–Crippen MR) is 137 cm³/mol. The second-order valence-electron chi connectivity index (χ2n) is 8.18. The van der Waals surface area contributed by atoms with Crippen molar-refractivity contribution in [2.75, 3.05) is 0 Å². The molecule has 0 bridgehead atoms. The van der Waals surface area contributed by atoms with Crippen LogP contribution in [-0.4, -0.2) is 17.5 Å². The summed E-state index contributed by atoms with van der Waals surface area (Å²) in [7, 11) is -4.05. The molecule has 0 saturated heterocycles. The molecule has 6 heteroatoms. The van der Waals surface area contributed by atoms with Gasteiger partial charge in [-0.2, -0.15) is 0 Å². The Morgan fingerprint density at radius 1 is 0.824 bits per heavy atom. The largest absolute Gasteiger partial charge is 0.382 e. The SMILES string of the molecule is Cc1ccc(S(=O)(=O)n2c(C(O)c3ccccc3)c(-c3ccccc3)c3cc(Cl)ccc32)cc1. The first-order chi connectivity index (χ1) is 16.4. The van der Waals surface area contributed by atoms with Gasteiger partial charge >= 0.3 is 0 Å². The van der Waals surface area contributed by atoms with E-state index in [9.17, 15) is 13.5 Å². The number of rotatable bonds is 5. The summed E-state index contributed by atoms with van der Waals surface area (Å²) in [4.78, 5) is 0.145. The lowest BCUT2D eigenvalue weighted by atomic mass is 9.97. The molecule has 4 aromatic carbocycles. The minimum absolute atomic E-state index is 0.145. The fourth-order valence-corrected chi connectivity index (χ4v) is 6.01. The van der Waals surface area contributed by atoms with Crippen molar-refractivity contribution >= 4 is 32.5 Å². The van der Waals surface area contributed by atoms with E-state index < -0.39 is 16.1 Å². The highest BCUT2D eigenvalue weighted by Gasteiger charge is 2.32. The van der Waals surface area contributed by atoms with Gasteiger partial charge in [0.2, 0.25) is 0 Å². The van der Waals surface area contributed by atoms with Gasteiger partial charge in [-0.05, 0) is 48.4 Å². The molecule has 1 aromatic heterocycles. The average molecular weight is 488 g/mol. The lowest BCUT2D eigenvalue weighted by Crippen LogP contribution is -2.18. The number of hydrogen-bond acceptors (Lipinski definition) is 3. The zero-order chi connectivity index (χ0) is 23.9. The number of aliphatic hydroxyl groups excluding tert-OH is 1. The van der Waals surface area contributed by atoms with Crippen LogP contribution >= 0.6 is 11.6 Å². The van der Waals surface area contributed by atoms with Crippen LogP contribution in [0.2, 0.25) is 5.02 Å². The van der Waals surface area contributed by atoms with Crippen molar-refractivity contribution in [3.63, 3.8) is 0 Å². The Bertz CT molecular complexity index is 1580. The monoisotopic (exact) mass is 487 g/mol. The number of benzene rings is 4. The standard InChI is InChI=1S/C28H22ClNO3S/c1-19-12-15-23(16-13-19)34(32,33)30-25-17-14-22(29)18-24(25)26(20-8-4-2-5-9-20)27(30)28(31)21-10-6-3-7-11-21/h2-18,28,31H,1H3. The maximum atomic E-state index is 14.1. The van der Waals surface area contributed by atoms with Gasteiger partial charge in [-0.1, -0.05) is 90.0 Å². The molecule has 170 valence electrons. The smallest absolute Gasteiger partial charge is 0.268 e. The van der Waals surface area contributed by atoms with Crippen molar-refractivity contribution in [1.82, 2.24) is 3.97 Å². The van der Waals surface area contributed by atoms with E-state index in [0.29, 0.717) is 27.1 Å². The number of nitrogens with zero attached hydrogens (tertiary/aromatic N) is 1. The molecule has 0 saturated carbocycles. The van der Waals surface area contributed by atoms with Crippen molar-refractivity contribution in [3.05, 3.63) is 125 Å². The number of aryl methyl sites for hydroxylation is 1. The molecule has 5 rings (SSSR count). The average Bonchev–Trinajstić information content (AvgIpc) is 3.20. The Labute approximate surface area is 203 Å². The summed E-state index contributed by atoms with van der Waals surface area (Å²) in [5.74, 6) is 0. The number of hydrogen-bond donors (Lipinski definition) is 1. The minimum atomic E-state index is -4.05. The van der Waals surface area contributed by atoms with Crippen LogP contribution in [0.3, 0.4) is 0 Å². The van der Waals surface area contributed by atoms with Gasteiger partial charge in [-0.15, -0.1) is 0 Å². The summed E-state index contributed by atoms with van der Waals surface area (Å²) < 4.78 is 29.4. The molecule has 1 atom stereocenters. The molecule has 5 aromatic rings. The van der Waals surface area contributed by atoms with Crippen molar-refractivity contribution < 1.29 is 13.5 Å². The zero-order valence-electron chi connectivity index (χ0n) is 18.4. The number of fused-ring (bicyclic) bond motifs is 1. The first kappa shape index (κ1) is 22.4. The van der Waals surface area contributed by atoms with Gasteiger partial charge < -0.3 is 5.11 Å². The van der Waals surface area contributed by atoms with E-state index in [0.717, 1.165) is 11.1 Å². The second-order valence-corrected chi connectivity index (χ2v) is 10.4. The molecule has 0 aliphatic heterocycles.